The third-order valence-electron chi connectivity index (χ3n) is 6.10. The molecule has 2 amide bonds. The summed E-state index contributed by atoms with van der Waals surface area (Å²) in [5.74, 6) is 0.825. The van der Waals surface area contributed by atoms with Gasteiger partial charge in [-0.1, -0.05) is 62.2 Å². The highest BCUT2D eigenvalue weighted by Gasteiger charge is 2.29. The molecular weight excluding hydrogens is 416 g/mol. The van der Waals surface area contributed by atoms with Gasteiger partial charge in [-0.25, -0.2) is 0 Å². The van der Waals surface area contributed by atoms with Gasteiger partial charge in [-0.3, -0.25) is 9.59 Å². The van der Waals surface area contributed by atoms with Crippen LogP contribution in [-0.4, -0.2) is 17.9 Å². The Kier molecular flexibility index (Phi) is 6.21. The van der Waals surface area contributed by atoms with E-state index in [2.05, 4.69) is 24.5 Å². The Hall–Kier alpha value is -2.24. The Morgan fingerprint density at radius 2 is 2.03 bits per heavy atom. The summed E-state index contributed by atoms with van der Waals surface area (Å²) in [6, 6.07) is 13.1. The largest absolute Gasteiger partial charge is 0.349 e. The molecular formula is C24H25ClN2O2S. The number of halogens is 1. The third-order valence-corrected chi connectivity index (χ3v) is 7.44. The van der Waals surface area contributed by atoms with Crippen molar-refractivity contribution in [3.8, 4) is 0 Å². The van der Waals surface area contributed by atoms with Crippen molar-refractivity contribution in [3.05, 3.63) is 63.5 Å². The van der Waals surface area contributed by atoms with E-state index in [4.69, 9.17) is 11.6 Å². The van der Waals surface area contributed by atoms with Crippen molar-refractivity contribution < 1.29 is 9.59 Å². The minimum atomic E-state index is -0.181. The molecule has 4 nitrogen and oxygen atoms in total. The first-order chi connectivity index (χ1) is 14.4. The number of carbonyl (C=O) groups excluding carboxylic acids is 2. The number of benzene rings is 2. The first-order valence-corrected chi connectivity index (χ1v) is 11.5. The number of hydrogen-bond acceptors (Lipinski definition) is 3. The van der Waals surface area contributed by atoms with E-state index in [0.29, 0.717) is 33.0 Å². The van der Waals surface area contributed by atoms with Gasteiger partial charge < -0.3 is 10.6 Å². The van der Waals surface area contributed by atoms with Gasteiger partial charge in [0.15, 0.2) is 0 Å². The normalized spacial score (nSPS) is 24.8. The van der Waals surface area contributed by atoms with Crippen LogP contribution in [0.2, 0.25) is 5.02 Å². The standard InChI is InChI=1S/C24H25ClN2O2S/c1-14-5-3-8-19(15(14)2)26-23(28)17-9-10-21-20(13-17)27-24(29)22(30-21)12-16-6-4-7-18(25)11-16/h4,6-7,9-15,19H,3,5,8H2,1-2H3,(H,26,28)(H,27,29)/b22-12+/t14-,15-,19-/m1/s1. The highest BCUT2D eigenvalue weighted by Crippen LogP contribution is 2.39. The molecule has 0 aromatic heterocycles. The molecule has 3 atom stereocenters. The molecule has 0 spiro atoms. The Labute approximate surface area is 186 Å². The average Bonchev–Trinajstić information content (AvgIpc) is 2.71. The predicted molar refractivity (Wildman–Crippen MR) is 124 cm³/mol. The van der Waals surface area contributed by atoms with Crippen LogP contribution in [0.4, 0.5) is 5.69 Å². The van der Waals surface area contributed by atoms with Gasteiger partial charge in [0, 0.05) is 21.5 Å². The minimum absolute atomic E-state index is 0.0803. The van der Waals surface area contributed by atoms with Gasteiger partial charge in [0.1, 0.15) is 0 Å². The second-order valence-corrected chi connectivity index (χ2v) is 9.70. The molecule has 2 aliphatic rings. The summed E-state index contributed by atoms with van der Waals surface area (Å²) in [4.78, 5) is 26.9. The molecule has 2 aromatic rings. The SMILES string of the molecule is C[C@@H]1[C@H](C)CCC[C@H]1NC(=O)c1ccc2c(c1)NC(=O)/C(=C\c1cccc(Cl)c1)S2. The van der Waals surface area contributed by atoms with Crippen molar-refractivity contribution in [2.45, 2.75) is 44.0 Å². The van der Waals surface area contributed by atoms with Crippen molar-refractivity contribution in [3.63, 3.8) is 0 Å². The number of carbonyl (C=O) groups is 2. The molecule has 2 N–H and O–H groups in total. The lowest BCUT2D eigenvalue weighted by atomic mass is 9.78. The lowest BCUT2D eigenvalue weighted by Crippen LogP contribution is -2.43. The molecule has 1 saturated carbocycles. The van der Waals surface area contributed by atoms with Gasteiger partial charge in [-0.05, 0) is 60.2 Å². The zero-order chi connectivity index (χ0) is 21.3. The van der Waals surface area contributed by atoms with E-state index in [1.165, 1.54) is 18.2 Å². The highest BCUT2D eigenvalue weighted by molar-refractivity contribution is 8.04. The number of fused-ring (bicyclic) bond motifs is 1. The molecule has 0 unspecified atom stereocenters. The Morgan fingerprint density at radius 3 is 2.83 bits per heavy atom. The molecule has 2 aromatic carbocycles. The second-order valence-electron chi connectivity index (χ2n) is 8.18. The maximum atomic E-state index is 12.8. The molecule has 30 heavy (non-hydrogen) atoms. The first-order valence-electron chi connectivity index (χ1n) is 10.3. The van der Waals surface area contributed by atoms with E-state index in [1.807, 2.05) is 36.4 Å². The minimum Gasteiger partial charge on any atom is -0.349 e. The van der Waals surface area contributed by atoms with Crippen LogP contribution in [0, 0.1) is 11.8 Å². The first kappa shape index (κ1) is 21.0. The van der Waals surface area contributed by atoms with Crippen LogP contribution >= 0.6 is 23.4 Å². The lowest BCUT2D eigenvalue weighted by Gasteiger charge is -2.34. The van der Waals surface area contributed by atoms with E-state index in [0.717, 1.165) is 23.3 Å². The maximum absolute atomic E-state index is 12.8. The fourth-order valence-corrected chi connectivity index (χ4v) is 5.22. The van der Waals surface area contributed by atoms with Gasteiger partial charge in [0.05, 0.1) is 10.6 Å². The van der Waals surface area contributed by atoms with Gasteiger partial charge in [0.25, 0.3) is 11.8 Å². The van der Waals surface area contributed by atoms with Crippen LogP contribution in [-0.2, 0) is 4.79 Å². The van der Waals surface area contributed by atoms with Crippen LogP contribution in [0.3, 0.4) is 0 Å². The van der Waals surface area contributed by atoms with Crippen LogP contribution in [0.5, 0.6) is 0 Å². The van der Waals surface area contributed by atoms with Gasteiger partial charge in [-0.15, -0.1) is 0 Å². The summed E-state index contributed by atoms with van der Waals surface area (Å²) in [5, 5.41) is 6.74. The summed E-state index contributed by atoms with van der Waals surface area (Å²) in [6.45, 7) is 4.47. The molecule has 6 heteroatoms. The fourth-order valence-electron chi connectivity index (χ4n) is 4.09. The zero-order valence-electron chi connectivity index (χ0n) is 17.1. The Bertz CT molecular complexity index is 1020. The molecule has 1 aliphatic heterocycles. The van der Waals surface area contributed by atoms with Gasteiger partial charge >= 0.3 is 0 Å². The zero-order valence-corrected chi connectivity index (χ0v) is 18.6. The molecule has 0 radical (unpaired) electrons. The van der Waals surface area contributed by atoms with Crippen molar-refractivity contribution in [1.82, 2.24) is 5.32 Å². The maximum Gasteiger partial charge on any atom is 0.262 e. The van der Waals surface area contributed by atoms with Crippen LogP contribution in [0.25, 0.3) is 6.08 Å². The Balaban J connectivity index is 1.50. The fraction of sp³-hybridized carbons (Fsp3) is 0.333. The number of rotatable bonds is 3. The topological polar surface area (TPSA) is 58.2 Å². The van der Waals surface area contributed by atoms with E-state index in [1.54, 1.807) is 12.1 Å². The Morgan fingerprint density at radius 1 is 1.20 bits per heavy atom. The number of nitrogens with one attached hydrogen (secondary N) is 2. The smallest absolute Gasteiger partial charge is 0.262 e. The number of anilines is 1. The highest BCUT2D eigenvalue weighted by atomic mass is 35.5. The van der Waals surface area contributed by atoms with Crippen LogP contribution < -0.4 is 10.6 Å². The lowest BCUT2D eigenvalue weighted by molar-refractivity contribution is -0.112. The van der Waals surface area contributed by atoms with Crippen molar-refractivity contribution in [1.29, 1.82) is 0 Å². The summed E-state index contributed by atoms with van der Waals surface area (Å²) in [7, 11) is 0. The summed E-state index contributed by atoms with van der Waals surface area (Å²) >= 11 is 7.44. The average molecular weight is 441 g/mol. The van der Waals surface area contributed by atoms with E-state index in [-0.39, 0.29) is 17.9 Å². The van der Waals surface area contributed by atoms with E-state index >= 15 is 0 Å². The van der Waals surface area contributed by atoms with Crippen LogP contribution in [0.1, 0.15) is 49.0 Å². The summed E-state index contributed by atoms with van der Waals surface area (Å²) in [6.07, 6.45) is 5.21. The number of amides is 2. The van der Waals surface area contributed by atoms with E-state index in [9.17, 15) is 9.59 Å². The molecule has 1 aliphatic carbocycles. The van der Waals surface area contributed by atoms with Gasteiger partial charge in [-0.2, -0.15) is 0 Å². The predicted octanol–water partition coefficient (Wildman–Crippen LogP) is 5.98. The second kappa shape index (κ2) is 8.86. The van der Waals surface area contributed by atoms with Crippen LogP contribution in [0.15, 0.2) is 52.3 Å². The molecule has 0 saturated heterocycles. The quantitative estimate of drug-likeness (QED) is 0.577. The third kappa shape index (κ3) is 4.57. The van der Waals surface area contributed by atoms with Crippen molar-refractivity contribution >= 4 is 46.9 Å². The molecule has 0 bridgehead atoms. The van der Waals surface area contributed by atoms with Crippen molar-refractivity contribution in [2.75, 3.05) is 5.32 Å². The summed E-state index contributed by atoms with van der Waals surface area (Å²) < 4.78 is 0. The van der Waals surface area contributed by atoms with Crippen molar-refractivity contribution in [2.24, 2.45) is 11.8 Å². The summed E-state index contributed by atoms with van der Waals surface area (Å²) in [5.41, 5.74) is 2.11. The molecule has 4 rings (SSSR count). The number of thioether (sulfide) groups is 1. The van der Waals surface area contributed by atoms with E-state index < -0.39 is 0 Å². The number of hydrogen-bond donors (Lipinski definition) is 2. The van der Waals surface area contributed by atoms with Gasteiger partial charge in [0.2, 0.25) is 0 Å². The molecule has 1 heterocycles. The monoisotopic (exact) mass is 440 g/mol. The molecule has 156 valence electrons. The molecule has 1 fully saturated rings.